The van der Waals surface area contributed by atoms with Gasteiger partial charge in [0.2, 0.25) is 0 Å². The van der Waals surface area contributed by atoms with Crippen LogP contribution in [-0.2, 0) is 19.1 Å². The molecule has 0 bridgehead atoms. The Morgan fingerprint density at radius 2 is 1.84 bits per heavy atom. The van der Waals surface area contributed by atoms with Gasteiger partial charge >= 0.3 is 5.97 Å². The van der Waals surface area contributed by atoms with Crippen LogP contribution in [-0.4, -0.2) is 23.6 Å². The molecule has 4 fully saturated rings. The topological polar surface area (TPSA) is 60.4 Å². The van der Waals surface area contributed by atoms with Gasteiger partial charge in [-0.05, 0) is 60.7 Å². The lowest BCUT2D eigenvalue weighted by molar-refractivity contribution is -0.167. The van der Waals surface area contributed by atoms with Crippen molar-refractivity contribution < 1.29 is 19.1 Å². The first-order chi connectivity index (χ1) is 11.7. The van der Waals surface area contributed by atoms with E-state index >= 15 is 0 Å². The molecule has 0 amide bonds. The maximum absolute atomic E-state index is 13.1. The van der Waals surface area contributed by atoms with Crippen molar-refractivity contribution in [1.82, 2.24) is 0 Å². The Morgan fingerprint density at radius 3 is 2.56 bits per heavy atom. The summed E-state index contributed by atoms with van der Waals surface area (Å²) in [4.78, 5) is 36.5. The maximum atomic E-state index is 13.1. The lowest BCUT2D eigenvalue weighted by Gasteiger charge is -2.59. The molecule has 138 valence electrons. The Hall–Kier alpha value is -1.19. The molecule has 4 heteroatoms. The van der Waals surface area contributed by atoms with Crippen LogP contribution in [0, 0.1) is 34.5 Å². The molecule has 0 spiro atoms. The van der Waals surface area contributed by atoms with Crippen LogP contribution in [0.3, 0.4) is 0 Å². The Morgan fingerprint density at radius 1 is 1.08 bits per heavy atom. The minimum atomic E-state index is -0.243. The zero-order chi connectivity index (χ0) is 18.0. The zero-order valence-electron chi connectivity index (χ0n) is 15.7. The molecule has 0 saturated heterocycles. The zero-order valence-corrected chi connectivity index (χ0v) is 15.7. The fourth-order valence-electron chi connectivity index (χ4n) is 7.13. The molecule has 0 aromatic heterocycles. The number of rotatable bonds is 1. The summed E-state index contributed by atoms with van der Waals surface area (Å²) >= 11 is 0. The average Bonchev–Trinajstić information content (AvgIpc) is 2.83. The van der Waals surface area contributed by atoms with E-state index in [-0.39, 0.29) is 28.8 Å². The van der Waals surface area contributed by atoms with E-state index in [0.29, 0.717) is 55.0 Å². The minimum absolute atomic E-state index is 0.0175. The van der Waals surface area contributed by atoms with E-state index in [1.165, 1.54) is 6.92 Å². The van der Waals surface area contributed by atoms with Gasteiger partial charge < -0.3 is 4.74 Å². The number of hydrogen-bond donors (Lipinski definition) is 0. The van der Waals surface area contributed by atoms with Gasteiger partial charge in [-0.25, -0.2) is 0 Å². The van der Waals surface area contributed by atoms with Crippen LogP contribution in [0.15, 0.2) is 0 Å². The first kappa shape index (κ1) is 17.2. The molecule has 4 aliphatic carbocycles. The van der Waals surface area contributed by atoms with Crippen molar-refractivity contribution in [2.45, 2.75) is 78.2 Å². The Kier molecular flexibility index (Phi) is 3.90. The monoisotopic (exact) mass is 346 g/mol. The average molecular weight is 346 g/mol. The van der Waals surface area contributed by atoms with Gasteiger partial charge in [0.05, 0.1) is 0 Å². The lowest BCUT2D eigenvalue weighted by Crippen LogP contribution is -2.56. The largest absolute Gasteiger partial charge is 0.463 e. The van der Waals surface area contributed by atoms with E-state index in [0.717, 1.165) is 25.7 Å². The fourth-order valence-corrected chi connectivity index (χ4v) is 7.13. The van der Waals surface area contributed by atoms with Crippen LogP contribution in [0.1, 0.15) is 72.1 Å². The highest BCUT2D eigenvalue weighted by Gasteiger charge is 2.61. The van der Waals surface area contributed by atoms with Gasteiger partial charge in [-0.1, -0.05) is 13.8 Å². The summed E-state index contributed by atoms with van der Waals surface area (Å²) in [6.45, 7) is 6.02. The summed E-state index contributed by atoms with van der Waals surface area (Å²) in [6, 6.07) is 0. The highest BCUT2D eigenvalue weighted by atomic mass is 16.5. The second kappa shape index (κ2) is 5.65. The van der Waals surface area contributed by atoms with Crippen molar-refractivity contribution in [2.75, 3.05) is 0 Å². The van der Waals surface area contributed by atoms with Crippen LogP contribution >= 0.6 is 0 Å². The summed E-state index contributed by atoms with van der Waals surface area (Å²) in [5.41, 5.74) is 0.139. The Labute approximate surface area is 150 Å². The molecular weight excluding hydrogens is 316 g/mol. The molecule has 0 N–H and O–H groups in total. The number of esters is 1. The number of carbonyl (C=O) groups is 3. The van der Waals surface area contributed by atoms with Gasteiger partial charge in [0.1, 0.15) is 17.7 Å². The molecule has 0 radical (unpaired) electrons. The van der Waals surface area contributed by atoms with Crippen molar-refractivity contribution in [2.24, 2.45) is 34.5 Å². The Balaban J connectivity index is 1.60. The molecule has 4 aliphatic rings. The first-order valence-electron chi connectivity index (χ1n) is 9.94. The van der Waals surface area contributed by atoms with Gasteiger partial charge in [0, 0.05) is 32.1 Å². The van der Waals surface area contributed by atoms with Crippen LogP contribution in [0.4, 0.5) is 0 Å². The molecule has 7 atom stereocenters. The number of hydrogen-bond acceptors (Lipinski definition) is 4. The highest BCUT2D eigenvalue weighted by Crippen LogP contribution is 2.65. The van der Waals surface area contributed by atoms with Crippen LogP contribution in [0.5, 0.6) is 0 Å². The normalized spacial score (nSPS) is 49.2. The van der Waals surface area contributed by atoms with Gasteiger partial charge in [-0.15, -0.1) is 0 Å². The van der Waals surface area contributed by atoms with E-state index in [9.17, 15) is 14.4 Å². The lowest BCUT2D eigenvalue weighted by atomic mass is 9.45. The van der Waals surface area contributed by atoms with Gasteiger partial charge in [-0.3, -0.25) is 14.4 Å². The predicted octanol–water partition coefficient (Wildman–Crippen LogP) is 3.71. The summed E-state index contributed by atoms with van der Waals surface area (Å²) in [5, 5.41) is 0. The molecule has 4 saturated carbocycles. The van der Waals surface area contributed by atoms with Crippen LogP contribution in [0.25, 0.3) is 0 Å². The van der Waals surface area contributed by atoms with E-state index in [2.05, 4.69) is 13.8 Å². The molecular formula is C21H30O4. The van der Waals surface area contributed by atoms with Crippen LogP contribution < -0.4 is 0 Å². The Bertz CT molecular complexity index is 625. The van der Waals surface area contributed by atoms with E-state index in [1.54, 1.807) is 0 Å². The number of fused-ring (bicyclic) bond motifs is 5. The second-order valence-electron chi connectivity index (χ2n) is 9.72. The number of ketones is 2. The molecule has 25 heavy (non-hydrogen) atoms. The summed E-state index contributed by atoms with van der Waals surface area (Å²) in [7, 11) is 0. The molecule has 0 aliphatic heterocycles. The molecule has 0 heterocycles. The number of Topliss-reactive ketones (excluding diaryl/α,β-unsaturated/α-hetero) is 2. The van der Waals surface area contributed by atoms with Crippen molar-refractivity contribution in [3.8, 4) is 0 Å². The summed E-state index contributed by atoms with van der Waals surface area (Å²) in [5.74, 6) is 1.84. The summed E-state index contributed by atoms with van der Waals surface area (Å²) < 4.78 is 5.43. The number of ether oxygens (including phenoxy) is 1. The maximum Gasteiger partial charge on any atom is 0.302 e. The predicted molar refractivity (Wildman–Crippen MR) is 92.7 cm³/mol. The SMILES string of the molecule is CC(=O)O[C@H]1CC[C@@]2(C)[C@@H]3CC[C@]4(C)CC(=O)C[C@H]4[C@@H]3CC(=O)[C@@H]2C1. The number of carbonyl (C=O) groups excluding carboxylic acids is 3. The van der Waals surface area contributed by atoms with Gasteiger partial charge in [-0.2, -0.15) is 0 Å². The van der Waals surface area contributed by atoms with Crippen LogP contribution in [0.2, 0.25) is 0 Å². The van der Waals surface area contributed by atoms with Gasteiger partial charge in [0.25, 0.3) is 0 Å². The van der Waals surface area contributed by atoms with Gasteiger partial charge in [0.15, 0.2) is 0 Å². The summed E-state index contributed by atoms with van der Waals surface area (Å²) in [6.07, 6.45) is 6.70. The van der Waals surface area contributed by atoms with Crippen molar-refractivity contribution in [3.05, 3.63) is 0 Å². The highest BCUT2D eigenvalue weighted by molar-refractivity contribution is 5.85. The van der Waals surface area contributed by atoms with Crippen molar-refractivity contribution in [3.63, 3.8) is 0 Å². The molecule has 0 unspecified atom stereocenters. The first-order valence-corrected chi connectivity index (χ1v) is 9.94. The third-order valence-corrected chi connectivity index (χ3v) is 8.31. The molecule has 0 aromatic rings. The second-order valence-corrected chi connectivity index (χ2v) is 9.72. The molecule has 0 aromatic carbocycles. The fraction of sp³-hybridized carbons (Fsp3) is 0.857. The van der Waals surface area contributed by atoms with E-state index in [4.69, 9.17) is 4.74 Å². The third-order valence-electron chi connectivity index (χ3n) is 8.31. The smallest absolute Gasteiger partial charge is 0.302 e. The van der Waals surface area contributed by atoms with E-state index in [1.807, 2.05) is 0 Å². The van der Waals surface area contributed by atoms with Crippen molar-refractivity contribution >= 4 is 17.5 Å². The third kappa shape index (κ3) is 2.59. The molecule has 4 nitrogen and oxygen atoms in total. The van der Waals surface area contributed by atoms with E-state index < -0.39 is 0 Å². The minimum Gasteiger partial charge on any atom is -0.463 e. The molecule has 4 rings (SSSR count). The van der Waals surface area contributed by atoms with Crippen molar-refractivity contribution in [1.29, 1.82) is 0 Å². The standard InChI is InChI=1S/C21H30O4/c1-12(22)25-14-4-7-21(3)16-5-6-20(2)11-13(23)8-17(20)15(16)10-19(24)18(21)9-14/h14-18H,4-11H2,1-3H3/t14-,15+,16+,17-,18-,20+,21-/m0/s1. The quantitative estimate of drug-likeness (QED) is 0.679.